The number of aromatic nitrogens is 1. The van der Waals surface area contributed by atoms with Crippen LogP contribution in [0.1, 0.15) is 6.42 Å². The van der Waals surface area contributed by atoms with Crippen molar-refractivity contribution in [3.05, 3.63) is 30.5 Å². The highest BCUT2D eigenvalue weighted by Gasteiger charge is 2.24. The van der Waals surface area contributed by atoms with Gasteiger partial charge in [0.1, 0.15) is 5.84 Å². The molecule has 1 aromatic carbocycles. The molecule has 3 N–H and O–H groups in total. The number of carbonyl (C=O) groups excluding carboxylic acids is 1. The Hall–Kier alpha value is -2.30. The van der Waals surface area contributed by atoms with Gasteiger partial charge in [-0.25, -0.2) is 0 Å². The molecule has 0 aliphatic carbocycles. The van der Waals surface area contributed by atoms with Crippen LogP contribution in [0.3, 0.4) is 0 Å². The smallest absolute Gasteiger partial charge is 0.255 e. The summed E-state index contributed by atoms with van der Waals surface area (Å²) in [6.07, 6.45) is 2.03. The van der Waals surface area contributed by atoms with Crippen molar-refractivity contribution in [1.82, 2.24) is 4.98 Å². The quantitative estimate of drug-likeness (QED) is 0.747. The van der Waals surface area contributed by atoms with Crippen molar-refractivity contribution in [1.29, 1.82) is 0 Å². The number of fused-ring (bicyclic) bond motifs is 1. The molecule has 0 atom stereocenters. The molecule has 0 radical (unpaired) electrons. The number of hydrogen-bond acceptors (Lipinski definition) is 3. The van der Waals surface area contributed by atoms with Gasteiger partial charge in [-0.3, -0.25) is 4.79 Å². The molecule has 1 aromatic heterocycles. The molecule has 80 valence electrons. The number of hydrazone groups is 1. The number of benzene rings is 1. The third-order valence-electron chi connectivity index (χ3n) is 2.59. The highest BCUT2D eigenvalue weighted by molar-refractivity contribution is 6.14. The van der Waals surface area contributed by atoms with Gasteiger partial charge in [0.25, 0.3) is 5.91 Å². The highest BCUT2D eigenvalue weighted by atomic mass is 16.2. The van der Waals surface area contributed by atoms with Gasteiger partial charge in [0, 0.05) is 11.6 Å². The van der Waals surface area contributed by atoms with E-state index >= 15 is 0 Å². The minimum atomic E-state index is -0.0976. The predicted octanol–water partition coefficient (Wildman–Crippen LogP) is 1.18. The molecule has 0 saturated heterocycles. The zero-order chi connectivity index (χ0) is 11.1. The van der Waals surface area contributed by atoms with E-state index in [1.807, 2.05) is 30.5 Å². The van der Waals surface area contributed by atoms with E-state index in [0.717, 1.165) is 16.6 Å². The first-order valence-corrected chi connectivity index (χ1v) is 4.98. The molecule has 0 spiro atoms. The largest absolute Gasteiger partial charge is 0.385 e. The second-order valence-electron chi connectivity index (χ2n) is 3.69. The molecule has 16 heavy (non-hydrogen) atoms. The summed E-state index contributed by atoms with van der Waals surface area (Å²) in [5.74, 6) is 0.258. The lowest BCUT2D eigenvalue weighted by molar-refractivity contribution is -0.116. The highest BCUT2D eigenvalue weighted by Crippen LogP contribution is 2.27. The maximum absolute atomic E-state index is 11.7. The molecule has 1 amide bonds. The fourth-order valence-corrected chi connectivity index (χ4v) is 1.88. The molecule has 0 unspecified atom stereocenters. The van der Waals surface area contributed by atoms with Crippen LogP contribution in [-0.2, 0) is 4.79 Å². The van der Waals surface area contributed by atoms with Crippen molar-refractivity contribution in [2.45, 2.75) is 6.42 Å². The molecule has 3 rings (SSSR count). The molecule has 2 aromatic rings. The number of hydrogen-bond donors (Lipinski definition) is 2. The van der Waals surface area contributed by atoms with Crippen LogP contribution in [0.2, 0.25) is 0 Å². The normalized spacial score (nSPS) is 15.9. The topological polar surface area (TPSA) is 74.5 Å². The first-order valence-electron chi connectivity index (χ1n) is 4.98. The van der Waals surface area contributed by atoms with E-state index in [1.165, 1.54) is 5.01 Å². The summed E-state index contributed by atoms with van der Waals surface area (Å²) in [5.41, 5.74) is 7.19. The fraction of sp³-hybridized carbons (Fsp3) is 0.0909. The summed E-state index contributed by atoms with van der Waals surface area (Å²) >= 11 is 0. The lowest BCUT2D eigenvalue weighted by atomic mass is 10.2. The average Bonchev–Trinajstić information content (AvgIpc) is 2.84. The van der Waals surface area contributed by atoms with Crippen molar-refractivity contribution >= 4 is 28.3 Å². The third kappa shape index (κ3) is 1.18. The standard InChI is InChI=1S/C11H10N4O/c12-9-6-10(16)15(14-9)8-3-1-2-7-4-5-13-11(7)8/h1-5,13H,6H2,(H2,12,14). The number of nitrogens with one attached hydrogen (secondary N) is 1. The molecular weight excluding hydrogens is 204 g/mol. The van der Waals surface area contributed by atoms with Gasteiger partial charge in [-0.2, -0.15) is 10.1 Å². The lowest BCUT2D eigenvalue weighted by Crippen LogP contribution is -2.19. The Bertz CT molecular complexity index is 599. The van der Waals surface area contributed by atoms with Gasteiger partial charge in [-0.05, 0) is 12.1 Å². The number of rotatable bonds is 1. The molecular formula is C11H10N4O. The molecule has 0 fully saturated rings. The number of nitrogens with two attached hydrogens (primary N) is 1. The number of nitrogens with zero attached hydrogens (tertiary/aromatic N) is 2. The number of amides is 1. The zero-order valence-corrected chi connectivity index (χ0v) is 8.47. The van der Waals surface area contributed by atoms with E-state index < -0.39 is 0 Å². The predicted molar refractivity (Wildman–Crippen MR) is 62.0 cm³/mol. The van der Waals surface area contributed by atoms with Crippen LogP contribution in [0.15, 0.2) is 35.6 Å². The van der Waals surface area contributed by atoms with Gasteiger partial charge >= 0.3 is 0 Å². The summed E-state index contributed by atoms with van der Waals surface area (Å²) in [6, 6.07) is 7.66. The van der Waals surface area contributed by atoms with Gasteiger partial charge in [-0.1, -0.05) is 12.1 Å². The second kappa shape index (κ2) is 3.10. The van der Waals surface area contributed by atoms with E-state index in [9.17, 15) is 4.79 Å². The van der Waals surface area contributed by atoms with E-state index in [-0.39, 0.29) is 12.3 Å². The number of aromatic amines is 1. The molecule has 0 bridgehead atoms. The average molecular weight is 214 g/mol. The zero-order valence-electron chi connectivity index (χ0n) is 8.47. The summed E-state index contributed by atoms with van der Waals surface area (Å²) in [5, 5.41) is 6.43. The number of H-pyrrole nitrogens is 1. The van der Waals surface area contributed by atoms with Crippen LogP contribution in [0.5, 0.6) is 0 Å². The molecule has 0 saturated carbocycles. The number of para-hydroxylation sites is 1. The summed E-state index contributed by atoms with van der Waals surface area (Å²) in [4.78, 5) is 14.8. The van der Waals surface area contributed by atoms with Crippen LogP contribution < -0.4 is 10.7 Å². The Morgan fingerprint density at radius 1 is 1.38 bits per heavy atom. The Balaban J connectivity index is 2.19. The van der Waals surface area contributed by atoms with Crippen LogP contribution in [-0.4, -0.2) is 16.7 Å². The van der Waals surface area contributed by atoms with Crippen LogP contribution in [0, 0.1) is 0 Å². The van der Waals surface area contributed by atoms with Crippen LogP contribution in [0.25, 0.3) is 10.9 Å². The summed E-state index contributed by atoms with van der Waals surface area (Å²) < 4.78 is 0. The SMILES string of the molecule is NC1=NN(c2cccc3cc[nH]c23)C(=O)C1. The Kier molecular flexibility index (Phi) is 1.73. The third-order valence-corrected chi connectivity index (χ3v) is 2.59. The molecule has 5 nitrogen and oxygen atoms in total. The Labute approximate surface area is 91.5 Å². The van der Waals surface area contributed by atoms with Gasteiger partial charge in [0.05, 0.1) is 17.6 Å². The van der Waals surface area contributed by atoms with E-state index in [4.69, 9.17) is 5.73 Å². The van der Waals surface area contributed by atoms with Crippen LogP contribution >= 0.6 is 0 Å². The maximum atomic E-state index is 11.7. The van der Waals surface area contributed by atoms with E-state index in [2.05, 4.69) is 10.1 Å². The van der Waals surface area contributed by atoms with Gasteiger partial charge in [-0.15, -0.1) is 0 Å². The fourth-order valence-electron chi connectivity index (χ4n) is 1.88. The van der Waals surface area contributed by atoms with E-state index in [1.54, 1.807) is 0 Å². The van der Waals surface area contributed by atoms with Crippen LogP contribution in [0.4, 0.5) is 5.69 Å². The molecule has 1 aliphatic heterocycles. The van der Waals surface area contributed by atoms with Crippen molar-refractivity contribution in [2.24, 2.45) is 10.8 Å². The monoisotopic (exact) mass is 214 g/mol. The summed E-state index contributed by atoms with van der Waals surface area (Å²) in [7, 11) is 0. The van der Waals surface area contributed by atoms with E-state index in [0.29, 0.717) is 5.84 Å². The first-order chi connectivity index (χ1) is 7.75. The first kappa shape index (κ1) is 8.96. The Morgan fingerprint density at radius 2 is 2.25 bits per heavy atom. The minimum absolute atomic E-state index is 0.0976. The van der Waals surface area contributed by atoms with Gasteiger partial charge < -0.3 is 10.7 Å². The van der Waals surface area contributed by atoms with Crippen molar-refractivity contribution in [3.63, 3.8) is 0 Å². The number of carbonyl (C=O) groups is 1. The Morgan fingerprint density at radius 3 is 3.00 bits per heavy atom. The maximum Gasteiger partial charge on any atom is 0.255 e. The van der Waals surface area contributed by atoms with Gasteiger partial charge in [0.15, 0.2) is 0 Å². The minimum Gasteiger partial charge on any atom is -0.385 e. The van der Waals surface area contributed by atoms with Crippen molar-refractivity contribution in [2.75, 3.05) is 5.01 Å². The lowest BCUT2D eigenvalue weighted by Gasteiger charge is -2.12. The van der Waals surface area contributed by atoms with Crippen molar-refractivity contribution in [3.8, 4) is 0 Å². The molecule has 1 aliphatic rings. The van der Waals surface area contributed by atoms with Crippen molar-refractivity contribution < 1.29 is 4.79 Å². The van der Waals surface area contributed by atoms with Gasteiger partial charge in [0.2, 0.25) is 0 Å². The molecule has 5 heteroatoms. The summed E-state index contributed by atoms with van der Waals surface area (Å²) in [6.45, 7) is 0. The number of anilines is 1. The second-order valence-corrected chi connectivity index (χ2v) is 3.69. The number of amidine groups is 1. The molecule has 2 heterocycles.